The third-order valence-corrected chi connectivity index (χ3v) is 2.20. The molecule has 2 nitrogen and oxygen atoms in total. The highest BCUT2D eigenvalue weighted by Crippen LogP contribution is 2.25. The number of aromatic hydroxyl groups is 1. The third kappa shape index (κ3) is 3.03. The first-order valence-corrected chi connectivity index (χ1v) is 4.86. The molecule has 0 saturated heterocycles. The number of hydrogen-bond acceptors (Lipinski definition) is 2. The summed E-state index contributed by atoms with van der Waals surface area (Å²) in [5, 5.41) is 10.7. The van der Waals surface area contributed by atoms with Gasteiger partial charge in [-0.3, -0.25) is 0 Å². The van der Waals surface area contributed by atoms with Crippen LogP contribution in [0, 0.1) is 0 Å². The molecule has 0 amide bonds. The van der Waals surface area contributed by atoms with Crippen molar-refractivity contribution in [2.24, 2.45) is 0 Å². The van der Waals surface area contributed by atoms with E-state index in [-0.39, 0.29) is 11.5 Å². The molecule has 0 bridgehead atoms. The van der Waals surface area contributed by atoms with Crippen LogP contribution in [0.2, 0.25) is 0 Å². The number of halogens is 3. The highest BCUT2D eigenvalue weighted by Gasteiger charge is 2.28. The zero-order valence-electron chi connectivity index (χ0n) is 8.66. The van der Waals surface area contributed by atoms with Crippen molar-refractivity contribution < 1.29 is 23.0 Å². The van der Waals surface area contributed by atoms with Crippen LogP contribution in [-0.4, -0.2) is 17.9 Å². The molecule has 0 saturated carbocycles. The van der Waals surface area contributed by atoms with Gasteiger partial charge in [0.1, 0.15) is 11.5 Å². The number of hydrogen-bond donors (Lipinski definition) is 1. The summed E-state index contributed by atoms with van der Waals surface area (Å²) in [6.07, 6.45) is -4.35. The molecule has 1 N–H and O–H groups in total. The SMILES string of the molecule is Oc1ccc2ccc(OCC(F)(F)F)cc2c1. The first-order chi connectivity index (χ1) is 7.94. The molecule has 17 heavy (non-hydrogen) atoms. The average molecular weight is 242 g/mol. The molecule has 5 heteroatoms. The predicted molar refractivity (Wildman–Crippen MR) is 57.2 cm³/mol. The summed E-state index contributed by atoms with van der Waals surface area (Å²) in [5.41, 5.74) is 0. The van der Waals surface area contributed by atoms with Crippen LogP contribution in [0.4, 0.5) is 13.2 Å². The summed E-state index contributed by atoms with van der Waals surface area (Å²) in [5.74, 6) is 0.186. The summed E-state index contributed by atoms with van der Waals surface area (Å²) >= 11 is 0. The molecular formula is C12H9F3O2. The molecule has 0 heterocycles. The normalized spacial score (nSPS) is 11.7. The maximum atomic E-state index is 12.0. The molecule has 0 unspecified atom stereocenters. The number of benzene rings is 2. The molecule has 0 fully saturated rings. The molecule has 2 aromatic carbocycles. The quantitative estimate of drug-likeness (QED) is 0.873. The number of phenols is 1. The lowest BCUT2D eigenvalue weighted by atomic mass is 10.1. The van der Waals surface area contributed by atoms with Crippen LogP contribution in [0.25, 0.3) is 10.8 Å². The lowest BCUT2D eigenvalue weighted by Gasteiger charge is -2.09. The second-order valence-electron chi connectivity index (χ2n) is 3.60. The van der Waals surface area contributed by atoms with Crippen molar-refractivity contribution >= 4 is 10.8 Å². The van der Waals surface area contributed by atoms with Crippen LogP contribution < -0.4 is 4.74 Å². The maximum absolute atomic E-state index is 12.0. The summed E-state index contributed by atoms with van der Waals surface area (Å²) in [4.78, 5) is 0. The van der Waals surface area contributed by atoms with Gasteiger partial charge >= 0.3 is 6.18 Å². The van der Waals surface area contributed by atoms with Gasteiger partial charge in [0.25, 0.3) is 0 Å². The van der Waals surface area contributed by atoms with E-state index in [2.05, 4.69) is 4.74 Å². The number of rotatable bonds is 2. The summed E-state index contributed by atoms with van der Waals surface area (Å²) < 4.78 is 40.5. The van der Waals surface area contributed by atoms with Gasteiger partial charge in [-0.15, -0.1) is 0 Å². The lowest BCUT2D eigenvalue weighted by Crippen LogP contribution is -2.19. The Bertz CT molecular complexity index is 535. The van der Waals surface area contributed by atoms with Gasteiger partial charge in [0.05, 0.1) is 0 Å². The Labute approximate surface area is 95.2 Å². The summed E-state index contributed by atoms with van der Waals surface area (Å²) in [6.45, 7) is -1.32. The van der Waals surface area contributed by atoms with Crippen molar-refractivity contribution in [3.05, 3.63) is 36.4 Å². The molecular weight excluding hydrogens is 233 g/mol. The zero-order chi connectivity index (χ0) is 12.5. The van der Waals surface area contributed by atoms with E-state index in [1.54, 1.807) is 12.1 Å². The molecule has 2 aromatic rings. The molecule has 2 rings (SSSR count). The van der Waals surface area contributed by atoms with E-state index in [0.29, 0.717) is 5.39 Å². The highest BCUT2D eigenvalue weighted by molar-refractivity contribution is 5.85. The van der Waals surface area contributed by atoms with Gasteiger partial charge in [-0.2, -0.15) is 13.2 Å². The Morgan fingerprint density at radius 2 is 1.71 bits per heavy atom. The van der Waals surface area contributed by atoms with E-state index < -0.39 is 12.8 Å². The summed E-state index contributed by atoms with van der Waals surface area (Å²) in [6, 6.07) is 9.22. The van der Waals surface area contributed by atoms with E-state index in [0.717, 1.165) is 5.39 Å². The first-order valence-electron chi connectivity index (χ1n) is 4.86. The van der Waals surface area contributed by atoms with Crippen LogP contribution in [0.3, 0.4) is 0 Å². The van der Waals surface area contributed by atoms with Gasteiger partial charge in [-0.25, -0.2) is 0 Å². The molecule has 0 aliphatic rings. The van der Waals surface area contributed by atoms with Gasteiger partial charge in [-0.1, -0.05) is 12.1 Å². The zero-order valence-corrected chi connectivity index (χ0v) is 8.66. The van der Waals surface area contributed by atoms with E-state index in [4.69, 9.17) is 0 Å². The minimum absolute atomic E-state index is 0.0606. The van der Waals surface area contributed by atoms with Crippen LogP contribution in [0.5, 0.6) is 11.5 Å². The van der Waals surface area contributed by atoms with Crippen molar-refractivity contribution in [2.45, 2.75) is 6.18 Å². The Morgan fingerprint density at radius 3 is 2.41 bits per heavy atom. The molecule has 0 aliphatic heterocycles. The second-order valence-corrected chi connectivity index (χ2v) is 3.60. The smallest absolute Gasteiger partial charge is 0.422 e. The second kappa shape index (κ2) is 4.16. The fourth-order valence-electron chi connectivity index (χ4n) is 1.47. The Morgan fingerprint density at radius 1 is 1.00 bits per heavy atom. The monoisotopic (exact) mass is 242 g/mol. The van der Waals surface area contributed by atoms with Crippen molar-refractivity contribution in [1.29, 1.82) is 0 Å². The van der Waals surface area contributed by atoms with Crippen molar-refractivity contribution in [3.63, 3.8) is 0 Å². The Balaban J connectivity index is 2.25. The van der Waals surface area contributed by atoms with Crippen molar-refractivity contribution in [1.82, 2.24) is 0 Å². The molecule has 90 valence electrons. The van der Waals surface area contributed by atoms with Crippen LogP contribution >= 0.6 is 0 Å². The fourth-order valence-corrected chi connectivity index (χ4v) is 1.47. The minimum Gasteiger partial charge on any atom is -0.508 e. The van der Waals surface area contributed by atoms with E-state index in [9.17, 15) is 18.3 Å². The van der Waals surface area contributed by atoms with Crippen LogP contribution in [0.1, 0.15) is 0 Å². The number of ether oxygens (including phenoxy) is 1. The number of phenolic OH excluding ortho intramolecular Hbond substituents is 1. The topological polar surface area (TPSA) is 29.5 Å². The van der Waals surface area contributed by atoms with Crippen molar-refractivity contribution in [3.8, 4) is 11.5 Å². The maximum Gasteiger partial charge on any atom is 0.422 e. The predicted octanol–water partition coefficient (Wildman–Crippen LogP) is 3.49. The summed E-state index contributed by atoms with van der Waals surface area (Å²) in [7, 11) is 0. The Kier molecular flexibility index (Phi) is 2.83. The van der Waals surface area contributed by atoms with E-state index in [1.807, 2.05) is 0 Å². The van der Waals surface area contributed by atoms with Gasteiger partial charge in [0.2, 0.25) is 0 Å². The lowest BCUT2D eigenvalue weighted by molar-refractivity contribution is -0.153. The average Bonchev–Trinajstić information content (AvgIpc) is 2.24. The van der Waals surface area contributed by atoms with Gasteiger partial charge in [0, 0.05) is 0 Å². The number of alkyl halides is 3. The standard InChI is InChI=1S/C12H9F3O2/c13-12(14,15)7-17-11-4-2-8-1-3-10(16)5-9(8)6-11/h1-6,16H,7H2. The largest absolute Gasteiger partial charge is 0.508 e. The number of fused-ring (bicyclic) bond motifs is 1. The molecule has 0 aliphatic carbocycles. The molecule has 0 radical (unpaired) electrons. The van der Waals surface area contributed by atoms with Crippen LogP contribution in [-0.2, 0) is 0 Å². The Hall–Kier alpha value is -1.91. The fraction of sp³-hybridized carbons (Fsp3) is 0.167. The molecule has 0 aromatic heterocycles. The van der Waals surface area contributed by atoms with Crippen LogP contribution in [0.15, 0.2) is 36.4 Å². The van der Waals surface area contributed by atoms with E-state index in [1.165, 1.54) is 24.3 Å². The van der Waals surface area contributed by atoms with E-state index >= 15 is 0 Å². The highest BCUT2D eigenvalue weighted by atomic mass is 19.4. The van der Waals surface area contributed by atoms with Crippen molar-refractivity contribution in [2.75, 3.05) is 6.61 Å². The third-order valence-electron chi connectivity index (χ3n) is 2.20. The molecule has 0 spiro atoms. The first kappa shape index (κ1) is 11.6. The minimum atomic E-state index is -4.35. The van der Waals surface area contributed by atoms with Gasteiger partial charge < -0.3 is 9.84 Å². The van der Waals surface area contributed by atoms with Gasteiger partial charge in [0.15, 0.2) is 6.61 Å². The van der Waals surface area contributed by atoms with Gasteiger partial charge in [-0.05, 0) is 35.0 Å². The molecule has 0 atom stereocenters.